The Kier molecular flexibility index (Phi) is 6.31. The van der Waals surface area contributed by atoms with Crippen molar-refractivity contribution in [3.8, 4) is 0 Å². The molecule has 0 fully saturated rings. The summed E-state index contributed by atoms with van der Waals surface area (Å²) in [6.07, 6.45) is 7.06. The Bertz CT molecular complexity index is 377. The number of rotatable bonds is 7. The summed E-state index contributed by atoms with van der Waals surface area (Å²) in [6.45, 7) is 9.15. The summed E-state index contributed by atoms with van der Waals surface area (Å²) >= 11 is 0. The lowest BCUT2D eigenvalue weighted by molar-refractivity contribution is 0.676. The molecule has 0 spiro atoms. The fraction of sp³-hybridized carbons (Fsp3) is 0.438. The summed E-state index contributed by atoms with van der Waals surface area (Å²) in [5.41, 5.74) is 3.46. The molecule has 0 aromatic heterocycles. The van der Waals surface area contributed by atoms with Crippen molar-refractivity contribution in [2.24, 2.45) is 4.99 Å². The minimum Gasteiger partial charge on any atom is -0.293 e. The largest absolute Gasteiger partial charge is 0.293 e. The van der Waals surface area contributed by atoms with Crippen molar-refractivity contribution in [3.05, 3.63) is 42.0 Å². The van der Waals surface area contributed by atoms with Crippen LogP contribution < -0.4 is 0 Å². The maximum Gasteiger partial charge on any atom is 0.0389 e. The van der Waals surface area contributed by atoms with Crippen LogP contribution in [0, 0.1) is 0 Å². The molecule has 17 heavy (non-hydrogen) atoms. The minimum atomic E-state index is 0.942. The average Bonchev–Trinajstić information content (AvgIpc) is 2.34. The van der Waals surface area contributed by atoms with Gasteiger partial charge in [0.25, 0.3) is 0 Å². The fourth-order valence-electron chi connectivity index (χ4n) is 1.68. The topological polar surface area (TPSA) is 12.4 Å². The number of allylic oxidation sites excluding steroid dienone is 1. The van der Waals surface area contributed by atoms with Gasteiger partial charge in [0.2, 0.25) is 0 Å². The molecule has 0 heterocycles. The standard InChI is InChI=1S/C16H23N/c1-4-5-6-7-11-17-13-15-9-8-10-16(12-15)14(2)3/h8-10,12-13H,2,4-7,11H2,1,3H3. The van der Waals surface area contributed by atoms with Gasteiger partial charge in [-0.2, -0.15) is 0 Å². The molecule has 1 aromatic rings. The molecule has 1 rings (SSSR count). The van der Waals surface area contributed by atoms with Gasteiger partial charge >= 0.3 is 0 Å². The summed E-state index contributed by atoms with van der Waals surface area (Å²) in [5, 5.41) is 0. The van der Waals surface area contributed by atoms with Gasteiger partial charge < -0.3 is 0 Å². The third kappa shape index (κ3) is 5.48. The Balaban J connectivity index is 2.42. The van der Waals surface area contributed by atoms with E-state index in [2.05, 4.69) is 42.8 Å². The van der Waals surface area contributed by atoms with E-state index in [0.717, 1.165) is 12.1 Å². The monoisotopic (exact) mass is 229 g/mol. The van der Waals surface area contributed by atoms with Gasteiger partial charge in [0.15, 0.2) is 0 Å². The van der Waals surface area contributed by atoms with E-state index in [0.29, 0.717) is 0 Å². The summed E-state index contributed by atoms with van der Waals surface area (Å²) in [5.74, 6) is 0. The Hall–Kier alpha value is -1.37. The first kappa shape index (κ1) is 13.7. The zero-order chi connectivity index (χ0) is 12.5. The molecule has 0 unspecified atom stereocenters. The van der Waals surface area contributed by atoms with Crippen LogP contribution in [0.15, 0.2) is 35.8 Å². The third-order valence-corrected chi connectivity index (χ3v) is 2.76. The van der Waals surface area contributed by atoms with Crippen molar-refractivity contribution in [2.75, 3.05) is 6.54 Å². The smallest absolute Gasteiger partial charge is 0.0389 e. The summed E-state index contributed by atoms with van der Waals surface area (Å²) in [4.78, 5) is 4.46. The van der Waals surface area contributed by atoms with Crippen LogP contribution in [0.2, 0.25) is 0 Å². The molecular weight excluding hydrogens is 206 g/mol. The van der Waals surface area contributed by atoms with E-state index in [1.165, 1.54) is 36.8 Å². The lowest BCUT2D eigenvalue weighted by Crippen LogP contribution is -1.87. The van der Waals surface area contributed by atoms with E-state index in [1.807, 2.05) is 13.1 Å². The number of nitrogens with zero attached hydrogens (tertiary/aromatic N) is 1. The number of aliphatic imine (C=N–C) groups is 1. The predicted octanol–water partition coefficient (Wildman–Crippen LogP) is 4.72. The molecule has 0 aliphatic carbocycles. The third-order valence-electron chi connectivity index (χ3n) is 2.76. The van der Waals surface area contributed by atoms with Gasteiger partial charge in [-0.25, -0.2) is 0 Å². The van der Waals surface area contributed by atoms with Crippen LogP contribution in [0.1, 0.15) is 50.7 Å². The van der Waals surface area contributed by atoms with Crippen molar-refractivity contribution in [1.82, 2.24) is 0 Å². The van der Waals surface area contributed by atoms with Crippen LogP contribution in [0.5, 0.6) is 0 Å². The van der Waals surface area contributed by atoms with E-state index in [-0.39, 0.29) is 0 Å². The molecule has 0 aliphatic rings. The molecule has 0 amide bonds. The normalized spacial score (nSPS) is 10.9. The highest BCUT2D eigenvalue weighted by Crippen LogP contribution is 2.12. The van der Waals surface area contributed by atoms with Crippen molar-refractivity contribution < 1.29 is 0 Å². The fourth-order valence-corrected chi connectivity index (χ4v) is 1.68. The highest BCUT2D eigenvalue weighted by atomic mass is 14.7. The number of benzene rings is 1. The highest BCUT2D eigenvalue weighted by Gasteiger charge is 1.93. The van der Waals surface area contributed by atoms with Crippen molar-refractivity contribution in [2.45, 2.75) is 39.5 Å². The first-order valence-electron chi connectivity index (χ1n) is 6.50. The second-order valence-corrected chi connectivity index (χ2v) is 4.50. The Morgan fingerprint density at radius 3 is 2.82 bits per heavy atom. The van der Waals surface area contributed by atoms with Crippen LogP contribution in [0.4, 0.5) is 0 Å². The summed E-state index contributed by atoms with van der Waals surface area (Å²) in [7, 11) is 0. The van der Waals surface area contributed by atoms with Crippen LogP contribution in [-0.2, 0) is 0 Å². The van der Waals surface area contributed by atoms with Gasteiger partial charge in [0.1, 0.15) is 0 Å². The quantitative estimate of drug-likeness (QED) is 0.474. The van der Waals surface area contributed by atoms with E-state index in [4.69, 9.17) is 0 Å². The number of unbranched alkanes of at least 4 members (excludes halogenated alkanes) is 3. The molecular formula is C16H23N. The van der Waals surface area contributed by atoms with Crippen LogP contribution in [0.3, 0.4) is 0 Å². The Morgan fingerprint density at radius 2 is 2.12 bits per heavy atom. The van der Waals surface area contributed by atoms with E-state index in [1.54, 1.807) is 0 Å². The molecule has 1 aromatic carbocycles. The minimum absolute atomic E-state index is 0.942. The highest BCUT2D eigenvalue weighted by molar-refractivity contribution is 5.81. The number of hydrogen-bond acceptors (Lipinski definition) is 1. The van der Waals surface area contributed by atoms with Crippen molar-refractivity contribution >= 4 is 11.8 Å². The molecule has 0 saturated carbocycles. The average molecular weight is 229 g/mol. The molecule has 92 valence electrons. The van der Waals surface area contributed by atoms with Gasteiger partial charge in [0.05, 0.1) is 0 Å². The molecule has 0 N–H and O–H groups in total. The second-order valence-electron chi connectivity index (χ2n) is 4.50. The van der Waals surface area contributed by atoms with Gasteiger partial charge in [-0.05, 0) is 30.5 Å². The van der Waals surface area contributed by atoms with Crippen LogP contribution in [-0.4, -0.2) is 12.8 Å². The molecule has 0 radical (unpaired) electrons. The molecule has 1 nitrogen and oxygen atoms in total. The maximum absolute atomic E-state index is 4.46. The second kappa shape index (κ2) is 7.83. The zero-order valence-electron chi connectivity index (χ0n) is 11.1. The van der Waals surface area contributed by atoms with E-state index >= 15 is 0 Å². The zero-order valence-corrected chi connectivity index (χ0v) is 11.1. The predicted molar refractivity (Wildman–Crippen MR) is 77.8 cm³/mol. The van der Waals surface area contributed by atoms with Crippen molar-refractivity contribution in [1.29, 1.82) is 0 Å². The molecule has 0 atom stereocenters. The Labute approximate surface area is 105 Å². The summed E-state index contributed by atoms with van der Waals surface area (Å²) < 4.78 is 0. The molecule has 0 bridgehead atoms. The molecule has 0 saturated heterocycles. The first-order valence-corrected chi connectivity index (χ1v) is 6.50. The molecule has 0 aliphatic heterocycles. The number of hydrogen-bond donors (Lipinski definition) is 0. The van der Waals surface area contributed by atoms with Gasteiger partial charge in [-0.15, -0.1) is 0 Å². The van der Waals surface area contributed by atoms with E-state index in [9.17, 15) is 0 Å². The lowest BCUT2D eigenvalue weighted by atomic mass is 10.1. The van der Waals surface area contributed by atoms with E-state index < -0.39 is 0 Å². The van der Waals surface area contributed by atoms with Crippen LogP contribution in [0.25, 0.3) is 5.57 Å². The SMILES string of the molecule is C=C(C)c1cccc(C=NCCCCCC)c1. The van der Waals surface area contributed by atoms with Crippen molar-refractivity contribution in [3.63, 3.8) is 0 Å². The maximum atomic E-state index is 4.46. The summed E-state index contributed by atoms with van der Waals surface area (Å²) in [6, 6.07) is 8.36. The van der Waals surface area contributed by atoms with Gasteiger partial charge in [0, 0.05) is 12.8 Å². The van der Waals surface area contributed by atoms with Crippen LogP contribution >= 0.6 is 0 Å². The molecule has 1 heteroatoms. The van der Waals surface area contributed by atoms with Gasteiger partial charge in [-0.3, -0.25) is 4.99 Å². The Morgan fingerprint density at radius 1 is 1.29 bits per heavy atom. The van der Waals surface area contributed by atoms with Gasteiger partial charge in [-0.1, -0.05) is 56.5 Å². The first-order chi connectivity index (χ1) is 8.24. The lowest BCUT2D eigenvalue weighted by Gasteiger charge is -2.00.